The van der Waals surface area contributed by atoms with Crippen LogP contribution in [-0.4, -0.2) is 12.7 Å². The van der Waals surface area contributed by atoms with Crippen molar-refractivity contribution < 1.29 is 14.1 Å². The number of hydrogen-bond donors (Lipinski definition) is 1. The lowest BCUT2D eigenvalue weighted by Gasteiger charge is -1.90. The summed E-state index contributed by atoms with van der Waals surface area (Å²) < 4.78 is 14.0. The SMILES string of the molecule is CCOC(=O)N[PH+]=O. The van der Waals surface area contributed by atoms with Gasteiger partial charge in [0, 0.05) is 0 Å². The summed E-state index contributed by atoms with van der Waals surface area (Å²) in [4.78, 5) is 10.1. The van der Waals surface area contributed by atoms with Crippen molar-refractivity contribution in [3.63, 3.8) is 0 Å². The van der Waals surface area contributed by atoms with Crippen LogP contribution in [0.3, 0.4) is 0 Å². The van der Waals surface area contributed by atoms with Crippen LogP contribution < -0.4 is 5.09 Å². The number of rotatable bonds is 2. The fourth-order valence-corrected chi connectivity index (χ4v) is 0.364. The Bertz CT molecular complexity index is 94.5. The van der Waals surface area contributed by atoms with Crippen molar-refractivity contribution in [1.82, 2.24) is 5.09 Å². The molecule has 0 heterocycles. The molecular formula is C3H7NO3P+. The molecule has 0 spiro atoms. The van der Waals surface area contributed by atoms with Crippen molar-refractivity contribution in [2.45, 2.75) is 6.92 Å². The molecule has 1 atom stereocenters. The third kappa shape index (κ3) is 3.56. The zero-order chi connectivity index (χ0) is 6.41. The number of carbonyl (C=O) groups excluding carboxylic acids is 1. The Morgan fingerprint density at radius 1 is 1.88 bits per heavy atom. The van der Waals surface area contributed by atoms with E-state index >= 15 is 0 Å². The zero-order valence-electron chi connectivity index (χ0n) is 4.43. The van der Waals surface area contributed by atoms with E-state index in [1.54, 1.807) is 6.92 Å². The summed E-state index contributed by atoms with van der Waals surface area (Å²) in [6, 6.07) is 0. The Balaban J connectivity index is 3.18. The molecule has 4 nitrogen and oxygen atoms in total. The van der Waals surface area contributed by atoms with E-state index in [1.807, 2.05) is 5.09 Å². The molecule has 8 heavy (non-hydrogen) atoms. The molecular weight excluding hydrogens is 129 g/mol. The molecule has 0 aromatic rings. The first-order valence-corrected chi connectivity index (χ1v) is 3.02. The summed E-state index contributed by atoms with van der Waals surface area (Å²) in [5.74, 6) is 0. The summed E-state index contributed by atoms with van der Waals surface area (Å²) in [7, 11) is -0.827. The van der Waals surface area contributed by atoms with Gasteiger partial charge in [-0.15, -0.1) is 5.09 Å². The van der Waals surface area contributed by atoms with Crippen LogP contribution in [0.5, 0.6) is 0 Å². The molecule has 1 unspecified atom stereocenters. The van der Waals surface area contributed by atoms with Crippen molar-refractivity contribution in [3.8, 4) is 0 Å². The highest BCUT2D eigenvalue weighted by Gasteiger charge is 2.00. The van der Waals surface area contributed by atoms with Gasteiger partial charge in [0.25, 0.3) is 0 Å². The summed E-state index contributed by atoms with van der Waals surface area (Å²) >= 11 is 0. The maximum absolute atomic E-state index is 10.1. The van der Waals surface area contributed by atoms with Crippen LogP contribution in [0, 0.1) is 0 Å². The van der Waals surface area contributed by atoms with Crippen molar-refractivity contribution >= 4 is 14.7 Å². The van der Waals surface area contributed by atoms with Crippen molar-refractivity contribution in [2.24, 2.45) is 0 Å². The first-order valence-electron chi connectivity index (χ1n) is 2.11. The minimum absolute atomic E-state index is 0.302. The van der Waals surface area contributed by atoms with E-state index in [9.17, 15) is 9.36 Å². The standard InChI is InChI=1S/C3H6NO3P/c1-2-7-3(5)4-8-6/h2H2,1H3,(H,4,5,6)/p+1. The quantitative estimate of drug-likeness (QED) is 0.567. The molecule has 0 aliphatic heterocycles. The fraction of sp³-hybridized carbons (Fsp3) is 0.667. The fourth-order valence-electron chi connectivity index (χ4n) is 0.209. The molecule has 46 valence electrons. The van der Waals surface area contributed by atoms with E-state index in [0.717, 1.165) is 0 Å². The molecule has 0 aliphatic rings. The van der Waals surface area contributed by atoms with E-state index in [0.29, 0.717) is 6.61 Å². The summed E-state index contributed by atoms with van der Waals surface area (Å²) in [6.07, 6.45) is -0.638. The number of carbonyl (C=O) groups is 1. The Labute approximate surface area is 48.5 Å². The van der Waals surface area contributed by atoms with Gasteiger partial charge in [-0.2, -0.15) is 0 Å². The molecule has 0 aromatic carbocycles. The third-order valence-corrected chi connectivity index (χ3v) is 0.735. The summed E-state index contributed by atoms with van der Waals surface area (Å²) in [5.41, 5.74) is 0. The number of nitrogens with one attached hydrogen (secondary N) is 1. The Morgan fingerprint density at radius 3 is 2.88 bits per heavy atom. The maximum Gasteiger partial charge on any atom is 0.451 e. The normalized spacial score (nSPS) is 8.62. The van der Waals surface area contributed by atoms with Crippen molar-refractivity contribution in [3.05, 3.63) is 0 Å². The first kappa shape index (κ1) is 7.37. The highest BCUT2D eigenvalue weighted by molar-refractivity contribution is 7.22. The van der Waals surface area contributed by atoms with Crippen LogP contribution in [0.2, 0.25) is 0 Å². The maximum atomic E-state index is 10.1. The van der Waals surface area contributed by atoms with Gasteiger partial charge in [0.1, 0.15) is 0 Å². The van der Waals surface area contributed by atoms with E-state index in [4.69, 9.17) is 0 Å². The average molecular weight is 136 g/mol. The lowest BCUT2D eigenvalue weighted by Crippen LogP contribution is -2.13. The Hall–Kier alpha value is -0.630. The van der Waals surface area contributed by atoms with Gasteiger partial charge in [0.2, 0.25) is 0 Å². The molecule has 0 aliphatic carbocycles. The van der Waals surface area contributed by atoms with E-state index in [1.165, 1.54) is 0 Å². The van der Waals surface area contributed by atoms with Crippen molar-refractivity contribution in [1.29, 1.82) is 0 Å². The number of amides is 1. The van der Waals surface area contributed by atoms with E-state index in [2.05, 4.69) is 4.74 Å². The molecule has 0 bridgehead atoms. The zero-order valence-corrected chi connectivity index (χ0v) is 5.43. The van der Waals surface area contributed by atoms with Gasteiger partial charge >= 0.3 is 14.7 Å². The Kier molecular flexibility index (Phi) is 4.17. The van der Waals surface area contributed by atoms with E-state index < -0.39 is 14.7 Å². The van der Waals surface area contributed by atoms with Gasteiger partial charge in [-0.3, -0.25) is 0 Å². The molecule has 5 heteroatoms. The largest absolute Gasteiger partial charge is 0.451 e. The van der Waals surface area contributed by atoms with Gasteiger partial charge < -0.3 is 4.74 Å². The van der Waals surface area contributed by atoms with Gasteiger partial charge in [0.05, 0.1) is 6.61 Å². The van der Waals surface area contributed by atoms with Crippen LogP contribution in [0.4, 0.5) is 4.79 Å². The smallest absolute Gasteiger partial charge is 0.447 e. The van der Waals surface area contributed by atoms with Crippen LogP contribution in [0.1, 0.15) is 6.92 Å². The number of hydrogen-bond acceptors (Lipinski definition) is 3. The van der Waals surface area contributed by atoms with Crippen molar-refractivity contribution in [2.75, 3.05) is 6.61 Å². The average Bonchev–Trinajstić information content (AvgIpc) is 1.68. The molecule has 1 N–H and O–H groups in total. The van der Waals surface area contributed by atoms with Gasteiger partial charge in [-0.1, -0.05) is 0 Å². The van der Waals surface area contributed by atoms with E-state index in [-0.39, 0.29) is 0 Å². The van der Waals surface area contributed by atoms with Gasteiger partial charge in [0.15, 0.2) is 0 Å². The van der Waals surface area contributed by atoms with Crippen LogP contribution in [0.25, 0.3) is 0 Å². The summed E-state index contributed by atoms with van der Waals surface area (Å²) in [6.45, 7) is 1.98. The third-order valence-electron chi connectivity index (χ3n) is 0.429. The van der Waals surface area contributed by atoms with Crippen LogP contribution >= 0.6 is 8.61 Å². The summed E-state index contributed by atoms with van der Waals surface area (Å²) in [5, 5.41) is 1.96. The lowest BCUT2D eigenvalue weighted by molar-refractivity contribution is 0.159. The minimum Gasteiger partial charge on any atom is -0.447 e. The van der Waals surface area contributed by atoms with Gasteiger partial charge in [-0.05, 0) is 11.5 Å². The predicted molar refractivity (Wildman–Crippen MR) is 29.2 cm³/mol. The second-order valence-corrected chi connectivity index (χ2v) is 1.40. The molecule has 0 saturated heterocycles. The molecule has 0 aromatic heterocycles. The minimum atomic E-state index is -0.827. The predicted octanol–water partition coefficient (Wildman–Crippen LogP) is 0.671. The highest BCUT2D eigenvalue weighted by atomic mass is 31.1. The van der Waals surface area contributed by atoms with Crippen LogP contribution in [-0.2, 0) is 9.30 Å². The molecule has 1 amide bonds. The monoisotopic (exact) mass is 136 g/mol. The highest BCUT2D eigenvalue weighted by Crippen LogP contribution is 1.83. The lowest BCUT2D eigenvalue weighted by atomic mass is 10.9. The number of ether oxygens (including phenoxy) is 1. The molecule has 0 rings (SSSR count). The topological polar surface area (TPSA) is 55.4 Å². The second kappa shape index (κ2) is 4.53. The molecule has 0 saturated carbocycles. The molecule has 0 radical (unpaired) electrons. The molecule has 0 fully saturated rings. The Morgan fingerprint density at radius 2 is 2.50 bits per heavy atom. The second-order valence-electron chi connectivity index (χ2n) is 0.948. The van der Waals surface area contributed by atoms with Gasteiger partial charge in [-0.25, -0.2) is 4.79 Å². The van der Waals surface area contributed by atoms with Crippen LogP contribution in [0.15, 0.2) is 0 Å². The first-order chi connectivity index (χ1) is 3.81.